The Hall–Kier alpha value is -2.18. The van der Waals surface area contributed by atoms with Gasteiger partial charge in [0, 0.05) is 35.1 Å². The summed E-state index contributed by atoms with van der Waals surface area (Å²) in [5.74, 6) is -0.273. The number of nitrogens with zero attached hydrogens (tertiary/aromatic N) is 1. The van der Waals surface area contributed by atoms with Crippen LogP contribution >= 0.6 is 11.3 Å². The molecule has 1 aromatic carbocycles. The number of benzene rings is 1. The lowest BCUT2D eigenvalue weighted by molar-refractivity contribution is -0.121. The number of aryl methyl sites for hydroxylation is 1. The highest BCUT2D eigenvalue weighted by molar-refractivity contribution is 7.09. The molecule has 1 saturated heterocycles. The largest absolute Gasteiger partial charge is 0.356 e. The molecule has 0 radical (unpaired) electrons. The van der Waals surface area contributed by atoms with Crippen LogP contribution in [0.2, 0.25) is 0 Å². The van der Waals surface area contributed by atoms with Gasteiger partial charge in [0.05, 0.1) is 11.9 Å². The number of H-pyrrole nitrogens is 1. The second kappa shape index (κ2) is 7.82. The van der Waals surface area contributed by atoms with Crippen molar-refractivity contribution in [1.82, 2.24) is 15.2 Å². The van der Waals surface area contributed by atoms with Gasteiger partial charge in [-0.25, -0.2) is 4.39 Å². The molecule has 1 aliphatic heterocycles. The van der Waals surface area contributed by atoms with Crippen molar-refractivity contribution in [1.29, 1.82) is 0 Å². The van der Waals surface area contributed by atoms with Crippen molar-refractivity contribution < 1.29 is 9.18 Å². The van der Waals surface area contributed by atoms with Crippen LogP contribution in [0.3, 0.4) is 0 Å². The molecular formula is C21H24FN3OS. The van der Waals surface area contributed by atoms with Crippen LogP contribution in [0.5, 0.6) is 0 Å². The van der Waals surface area contributed by atoms with E-state index < -0.39 is 0 Å². The molecule has 1 unspecified atom stereocenters. The lowest BCUT2D eigenvalue weighted by Crippen LogP contribution is -2.47. The van der Waals surface area contributed by atoms with Gasteiger partial charge in [0.2, 0.25) is 5.91 Å². The molecule has 6 heteroatoms. The van der Waals surface area contributed by atoms with Gasteiger partial charge in [0.15, 0.2) is 0 Å². The molecule has 0 saturated carbocycles. The molecule has 1 aliphatic rings. The van der Waals surface area contributed by atoms with Gasteiger partial charge in [-0.05, 0) is 49.4 Å². The zero-order valence-electron chi connectivity index (χ0n) is 15.4. The number of para-hydroxylation sites is 1. The number of carbonyl (C=O) groups is 1. The summed E-state index contributed by atoms with van der Waals surface area (Å²) in [5.41, 5.74) is 2.22. The van der Waals surface area contributed by atoms with E-state index in [-0.39, 0.29) is 24.2 Å². The first-order valence-corrected chi connectivity index (χ1v) is 10.3. The second-order valence-corrected chi connectivity index (χ2v) is 8.32. The third kappa shape index (κ3) is 4.06. The number of hydrogen-bond donors (Lipinski definition) is 2. The zero-order chi connectivity index (χ0) is 18.8. The Morgan fingerprint density at radius 2 is 2.26 bits per heavy atom. The molecular weight excluding hydrogens is 361 g/mol. The number of carbonyl (C=O) groups excluding carboxylic acids is 1. The molecule has 3 heterocycles. The topological polar surface area (TPSA) is 48.1 Å². The Kier molecular flexibility index (Phi) is 5.27. The van der Waals surface area contributed by atoms with Crippen LogP contribution in [0.25, 0.3) is 10.9 Å². The highest BCUT2D eigenvalue weighted by Crippen LogP contribution is 2.25. The molecule has 27 heavy (non-hydrogen) atoms. The molecule has 1 atom stereocenters. The highest BCUT2D eigenvalue weighted by atomic mass is 32.1. The minimum atomic E-state index is -0.279. The molecule has 1 amide bonds. The molecule has 3 aromatic rings. The number of thiophene rings is 1. The van der Waals surface area contributed by atoms with Gasteiger partial charge in [-0.1, -0.05) is 18.2 Å². The van der Waals surface area contributed by atoms with Crippen molar-refractivity contribution in [2.75, 3.05) is 13.1 Å². The maximum absolute atomic E-state index is 14.0. The van der Waals surface area contributed by atoms with E-state index in [1.54, 1.807) is 17.4 Å². The van der Waals surface area contributed by atoms with Crippen LogP contribution in [-0.4, -0.2) is 34.9 Å². The smallest absolute Gasteiger partial charge is 0.224 e. The minimum absolute atomic E-state index is 0.00577. The molecule has 4 nitrogen and oxygen atoms in total. The number of aromatic amines is 1. The first-order valence-electron chi connectivity index (χ1n) is 9.40. The number of nitrogens with one attached hydrogen (secondary N) is 2. The number of amides is 1. The van der Waals surface area contributed by atoms with Crippen molar-refractivity contribution in [3.05, 3.63) is 57.7 Å². The van der Waals surface area contributed by atoms with Gasteiger partial charge >= 0.3 is 0 Å². The number of hydrogen-bond acceptors (Lipinski definition) is 3. The maximum Gasteiger partial charge on any atom is 0.224 e. The fraction of sp³-hybridized carbons (Fsp3) is 0.381. The van der Waals surface area contributed by atoms with E-state index in [1.165, 1.54) is 10.9 Å². The van der Waals surface area contributed by atoms with Crippen molar-refractivity contribution in [2.24, 2.45) is 0 Å². The molecule has 2 aromatic heterocycles. The van der Waals surface area contributed by atoms with Crippen LogP contribution < -0.4 is 5.32 Å². The number of rotatable bonds is 5. The van der Waals surface area contributed by atoms with Crippen molar-refractivity contribution in [3.8, 4) is 0 Å². The Morgan fingerprint density at radius 3 is 3.07 bits per heavy atom. The number of fused-ring (bicyclic) bond motifs is 1. The van der Waals surface area contributed by atoms with Crippen LogP contribution in [-0.2, 0) is 17.8 Å². The Balaban J connectivity index is 1.39. The monoisotopic (exact) mass is 385 g/mol. The molecule has 0 spiro atoms. The van der Waals surface area contributed by atoms with E-state index in [2.05, 4.69) is 32.7 Å². The van der Waals surface area contributed by atoms with Gasteiger partial charge in [-0.2, -0.15) is 0 Å². The predicted octanol–water partition coefficient (Wildman–Crippen LogP) is 4.00. The van der Waals surface area contributed by atoms with Gasteiger partial charge in [0.25, 0.3) is 0 Å². The second-order valence-electron chi connectivity index (χ2n) is 7.29. The normalized spacial score (nSPS) is 18.1. The zero-order valence-corrected chi connectivity index (χ0v) is 16.2. The van der Waals surface area contributed by atoms with Gasteiger partial charge < -0.3 is 10.3 Å². The van der Waals surface area contributed by atoms with Crippen LogP contribution in [0.1, 0.15) is 29.0 Å². The lowest BCUT2D eigenvalue weighted by atomic mass is 10.0. The Morgan fingerprint density at radius 1 is 1.37 bits per heavy atom. The quantitative estimate of drug-likeness (QED) is 0.697. The summed E-state index contributed by atoms with van der Waals surface area (Å²) < 4.78 is 14.0. The Bertz CT molecular complexity index is 934. The third-order valence-electron chi connectivity index (χ3n) is 5.27. The first-order chi connectivity index (χ1) is 13.1. The van der Waals surface area contributed by atoms with Crippen LogP contribution in [0.4, 0.5) is 4.39 Å². The van der Waals surface area contributed by atoms with E-state index in [1.807, 2.05) is 13.0 Å². The number of halogens is 1. The van der Waals surface area contributed by atoms with Gasteiger partial charge in [-0.3, -0.25) is 9.69 Å². The van der Waals surface area contributed by atoms with E-state index in [9.17, 15) is 9.18 Å². The lowest BCUT2D eigenvalue weighted by Gasteiger charge is -2.32. The average Bonchev–Trinajstić information content (AvgIpc) is 3.25. The summed E-state index contributed by atoms with van der Waals surface area (Å²) in [6.07, 6.45) is 2.37. The van der Waals surface area contributed by atoms with E-state index >= 15 is 0 Å². The predicted molar refractivity (Wildman–Crippen MR) is 107 cm³/mol. The first kappa shape index (κ1) is 18.2. The molecule has 1 fully saturated rings. The van der Waals surface area contributed by atoms with E-state index in [0.717, 1.165) is 49.1 Å². The number of aromatic nitrogens is 1. The average molecular weight is 386 g/mol. The van der Waals surface area contributed by atoms with Crippen molar-refractivity contribution in [3.63, 3.8) is 0 Å². The van der Waals surface area contributed by atoms with Gasteiger partial charge in [-0.15, -0.1) is 11.3 Å². The highest BCUT2D eigenvalue weighted by Gasteiger charge is 2.22. The summed E-state index contributed by atoms with van der Waals surface area (Å²) in [4.78, 5) is 19.5. The fourth-order valence-corrected chi connectivity index (χ4v) is 4.72. The maximum atomic E-state index is 14.0. The van der Waals surface area contributed by atoms with E-state index in [0.29, 0.717) is 5.52 Å². The molecule has 0 aliphatic carbocycles. The van der Waals surface area contributed by atoms with E-state index in [4.69, 9.17) is 0 Å². The molecule has 4 rings (SSSR count). The molecule has 0 bridgehead atoms. The van der Waals surface area contributed by atoms with Gasteiger partial charge in [0.1, 0.15) is 5.82 Å². The molecule has 142 valence electrons. The SMILES string of the molecule is Cc1[nH]c2c(F)cccc2c1CC(=O)NC1CCCN(Cc2cccs2)C1. The van der Waals surface area contributed by atoms with Crippen molar-refractivity contribution >= 4 is 28.1 Å². The third-order valence-corrected chi connectivity index (χ3v) is 6.13. The minimum Gasteiger partial charge on any atom is -0.356 e. The van der Waals surface area contributed by atoms with Crippen LogP contribution in [0, 0.1) is 12.7 Å². The summed E-state index contributed by atoms with van der Waals surface area (Å²) in [5, 5.41) is 6.09. The number of likely N-dealkylation sites (tertiary alicyclic amines) is 1. The van der Waals surface area contributed by atoms with Crippen molar-refractivity contribution in [2.45, 2.75) is 38.8 Å². The van der Waals surface area contributed by atoms with Crippen LogP contribution in [0.15, 0.2) is 35.7 Å². The summed E-state index contributed by atoms with van der Waals surface area (Å²) >= 11 is 1.78. The number of piperidine rings is 1. The Labute approximate surface area is 162 Å². The molecule has 2 N–H and O–H groups in total. The summed E-state index contributed by atoms with van der Waals surface area (Å²) in [6, 6.07) is 9.41. The summed E-state index contributed by atoms with van der Waals surface area (Å²) in [6.45, 7) is 4.80. The fourth-order valence-electron chi connectivity index (χ4n) is 3.97. The summed E-state index contributed by atoms with van der Waals surface area (Å²) in [7, 11) is 0. The standard InChI is InChI=1S/C21H24FN3OS/c1-14-18(17-7-2-8-19(22)21(17)23-14)11-20(26)24-15-5-3-9-25(12-15)13-16-6-4-10-27-16/h2,4,6-8,10,15,23H,3,5,9,11-13H2,1H3,(H,24,26).